The van der Waals surface area contributed by atoms with Gasteiger partial charge in [0, 0.05) is 63.6 Å². The first-order valence-electron chi connectivity index (χ1n) is 14.3. The van der Waals surface area contributed by atoms with Gasteiger partial charge in [-0.05, 0) is 57.0 Å². The molecule has 1 radical (unpaired) electrons. The Balaban J connectivity index is 1.30. The molecule has 1 N–H and O–H groups in total. The first-order valence-corrected chi connectivity index (χ1v) is 15.0. The van der Waals surface area contributed by atoms with E-state index in [1.165, 1.54) is 6.07 Å². The summed E-state index contributed by atoms with van der Waals surface area (Å²) in [6.45, 7) is 7.07. The van der Waals surface area contributed by atoms with Gasteiger partial charge in [0.05, 0.1) is 31.6 Å². The predicted molar refractivity (Wildman–Crippen MR) is 169 cm³/mol. The SMILES string of the molecule is [CH2]CNC(=O)c1cc(F)c(Cn2cc(-c3cccc4c3OCCCN4C(=O)CCCOc3cccc(Cl)c3C)cn2)c(Cl)c1. The van der Waals surface area contributed by atoms with Crippen molar-refractivity contribution in [3.05, 3.63) is 100 Å². The van der Waals surface area contributed by atoms with E-state index in [0.717, 1.165) is 22.8 Å². The normalized spacial score (nSPS) is 12.7. The number of anilines is 1. The number of ether oxygens (including phenoxy) is 2. The van der Waals surface area contributed by atoms with Crippen LogP contribution in [0.1, 0.15) is 40.7 Å². The Hall–Kier alpha value is -4.08. The maximum atomic E-state index is 15.0. The van der Waals surface area contributed by atoms with Crippen molar-refractivity contribution in [1.82, 2.24) is 15.1 Å². The predicted octanol–water partition coefficient (Wildman–Crippen LogP) is 6.89. The average Bonchev–Trinajstić information content (AvgIpc) is 3.36. The second kappa shape index (κ2) is 14.1. The molecule has 0 saturated heterocycles. The molecular weight excluding hydrogens is 606 g/mol. The van der Waals surface area contributed by atoms with Crippen LogP contribution in [0.5, 0.6) is 11.5 Å². The molecule has 1 aliphatic heterocycles. The molecule has 0 fully saturated rings. The molecular formula is C33H32Cl2FN4O4. The van der Waals surface area contributed by atoms with Crippen LogP contribution >= 0.6 is 23.2 Å². The fraction of sp³-hybridized carbons (Fsp3) is 0.273. The third-order valence-electron chi connectivity index (χ3n) is 7.32. The number of nitrogens with one attached hydrogen (secondary N) is 1. The molecule has 3 aromatic carbocycles. The van der Waals surface area contributed by atoms with Crippen molar-refractivity contribution >= 4 is 40.7 Å². The number of halogens is 3. The molecule has 1 aromatic heterocycles. The van der Waals surface area contributed by atoms with Gasteiger partial charge in [0.25, 0.3) is 5.91 Å². The highest BCUT2D eigenvalue weighted by Gasteiger charge is 2.25. The van der Waals surface area contributed by atoms with Gasteiger partial charge in [0.15, 0.2) is 5.75 Å². The number of para-hydroxylation sites is 1. The highest BCUT2D eigenvalue weighted by atomic mass is 35.5. The minimum absolute atomic E-state index is 0.0199. The smallest absolute Gasteiger partial charge is 0.251 e. The summed E-state index contributed by atoms with van der Waals surface area (Å²) in [6, 6.07) is 13.7. The summed E-state index contributed by atoms with van der Waals surface area (Å²) in [5.74, 6) is 0.222. The van der Waals surface area contributed by atoms with Crippen molar-refractivity contribution in [3.8, 4) is 22.6 Å². The molecule has 0 bridgehead atoms. The maximum absolute atomic E-state index is 15.0. The molecule has 0 saturated carbocycles. The Kier molecular flexibility index (Phi) is 10.1. The monoisotopic (exact) mass is 637 g/mol. The molecule has 11 heteroatoms. The van der Waals surface area contributed by atoms with E-state index in [4.69, 9.17) is 32.7 Å². The van der Waals surface area contributed by atoms with Gasteiger partial charge in [-0.15, -0.1) is 0 Å². The van der Waals surface area contributed by atoms with Crippen molar-refractivity contribution in [1.29, 1.82) is 0 Å². The van der Waals surface area contributed by atoms with Crippen LogP contribution in [0.25, 0.3) is 11.1 Å². The van der Waals surface area contributed by atoms with Crippen LogP contribution in [0.4, 0.5) is 10.1 Å². The molecule has 0 spiro atoms. The number of fused-ring (bicyclic) bond motifs is 1. The molecule has 5 rings (SSSR count). The number of rotatable bonds is 10. The van der Waals surface area contributed by atoms with Crippen LogP contribution in [-0.2, 0) is 11.3 Å². The molecule has 1 aliphatic rings. The Morgan fingerprint density at radius 3 is 2.77 bits per heavy atom. The molecule has 0 unspecified atom stereocenters. The number of benzene rings is 3. The third-order valence-corrected chi connectivity index (χ3v) is 8.07. The van der Waals surface area contributed by atoms with Crippen molar-refractivity contribution in [2.24, 2.45) is 0 Å². The minimum Gasteiger partial charge on any atom is -0.493 e. The summed E-state index contributed by atoms with van der Waals surface area (Å²) in [5, 5.41) is 7.71. The first-order chi connectivity index (χ1) is 21.3. The zero-order chi connectivity index (χ0) is 31.2. The van der Waals surface area contributed by atoms with Gasteiger partial charge in [-0.1, -0.05) is 41.4 Å². The van der Waals surface area contributed by atoms with Crippen LogP contribution in [0, 0.1) is 19.7 Å². The lowest BCUT2D eigenvalue weighted by Crippen LogP contribution is -2.31. The zero-order valence-electron chi connectivity index (χ0n) is 24.2. The van der Waals surface area contributed by atoms with Crippen LogP contribution in [0.3, 0.4) is 0 Å². The minimum atomic E-state index is -0.608. The Bertz CT molecular complexity index is 1650. The van der Waals surface area contributed by atoms with E-state index >= 15 is 0 Å². The van der Waals surface area contributed by atoms with Gasteiger partial charge in [0.1, 0.15) is 11.6 Å². The van der Waals surface area contributed by atoms with Gasteiger partial charge in [-0.2, -0.15) is 5.10 Å². The van der Waals surface area contributed by atoms with Gasteiger partial charge in [-0.3, -0.25) is 14.3 Å². The fourth-order valence-corrected chi connectivity index (χ4v) is 5.46. The van der Waals surface area contributed by atoms with Crippen molar-refractivity contribution < 1.29 is 23.5 Å². The van der Waals surface area contributed by atoms with Crippen molar-refractivity contribution in [2.45, 2.75) is 32.7 Å². The van der Waals surface area contributed by atoms with E-state index in [-0.39, 0.29) is 35.1 Å². The number of hydrogen-bond acceptors (Lipinski definition) is 5. The van der Waals surface area contributed by atoms with Crippen LogP contribution in [-0.4, -0.2) is 47.9 Å². The maximum Gasteiger partial charge on any atom is 0.251 e. The van der Waals surface area contributed by atoms with Crippen LogP contribution in [0.2, 0.25) is 10.0 Å². The summed E-state index contributed by atoms with van der Waals surface area (Å²) < 4.78 is 28.5. The summed E-state index contributed by atoms with van der Waals surface area (Å²) >= 11 is 12.5. The largest absolute Gasteiger partial charge is 0.493 e. The fourth-order valence-electron chi connectivity index (χ4n) is 5.03. The first kappa shape index (κ1) is 31.3. The van der Waals surface area contributed by atoms with E-state index in [2.05, 4.69) is 17.3 Å². The lowest BCUT2D eigenvalue weighted by molar-refractivity contribution is -0.118. The standard InChI is InChI=1S/C33H32Cl2FN4O4/c1-3-37-33(42)22-16-27(35)25(28(36)17-22)20-39-19-23(18-38-39)24-8-4-10-29-32(24)44-15-7-13-40(29)31(41)12-6-14-43-30-11-5-9-26(34)21(30)2/h4-5,8-11,16-19H,1,3,6-7,12-15,20H2,2H3,(H,37,42). The molecule has 2 heterocycles. The second-order valence-electron chi connectivity index (χ2n) is 10.3. The zero-order valence-corrected chi connectivity index (χ0v) is 25.8. The second-order valence-corrected chi connectivity index (χ2v) is 11.1. The van der Waals surface area contributed by atoms with E-state index in [1.807, 2.05) is 43.3 Å². The van der Waals surface area contributed by atoms with Gasteiger partial charge < -0.3 is 19.7 Å². The molecule has 229 valence electrons. The van der Waals surface area contributed by atoms with Gasteiger partial charge in [0.2, 0.25) is 5.91 Å². The van der Waals surface area contributed by atoms with Crippen molar-refractivity contribution in [2.75, 3.05) is 31.2 Å². The number of carbonyl (C=O) groups is 2. The molecule has 44 heavy (non-hydrogen) atoms. The Morgan fingerprint density at radius 1 is 1.16 bits per heavy atom. The summed E-state index contributed by atoms with van der Waals surface area (Å²) in [4.78, 5) is 27.2. The van der Waals surface area contributed by atoms with Crippen LogP contribution in [0.15, 0.2) is 60.9 Å². The number of amides is 2. The summed E-state index contributed by atoms with van der Waals surface area (Å²) in [6.07, 6.45) is 4.96. The average molecular weight is 639 g/mol. The number of aromatic nitrogens is 2. The molecule has 0 atom stereocenters. The highest BCUT2D eigenvalue weighted by Crippen LogP contribution is 2.40. The molecule has 0 aliphatic carbocycles. The third kappa shape index (κ3) is 7.00. The molecule has 4 aromatic rings. The van der Waals surface area contributed by atoms with Gasteiger partial charge in [-0.25, -0.2) is 4.39 Å². The quantitative estimate of drug-likeness (QED) is 0.191. The molecule has 2 amide bonds. The van der Waals surface area contributed by atoms with Crippen molar-refractivity contribution in [3.63, 3.8) is 0 Å². The molecule has 8 nitrogen and oxygen atoms in total. The lowest BCUT2D eigenvalue weighted by atomic mass is 10.1. The van der Waals surface area contributed by atoms with E-state index < -0.39 is 11.7 Å². The number of carbonyl (C=O) groups excluding carboxylic acids is 2. The van der Waals surface area contributed by atoms with E-state index in [1.54, 1.807) is 22.0 Å². The topological polar surface area (TPSA) is 85.7 Å². The number of nitrogens with zero attached hydrogens (tertiary/aromatic N) is 3. The summed E-state index contributed by atoms with van der Waals surface area (Å²) in [7, 11) is 0. The highest BCUT2D eigenvalue weighted by molar-refractivity contribution is 6.32. The van der Waals surface area contributed by atoms with Crippen LogP contribution < -0.4 is 19.7 Å². The lowest BCUT2D eigenvalue weighted by Gasteiger charge is -2.23. The van der Waals surface area contributed by atoms with E-state index in [9.17, 15) is 14.0 Å². The Labute approximate surface area is 265 Å². The van der Waals surface area contributed by atoms with E-state index in [0.29, 0.717) is 61.2 Å². The summed E-state index contributed by atoms with van der Waals surface area (Å²) in [5.41, 5.74) is 3.39. The number of hydrogen-bond donors (Lipinski definition) is 1. The van der Waals surface area contributed by atoms with Gasteiger partial charge >= 0.3 is 0 Å². The Morgan fingerprint density at radius 2 is 1.98 bits per heavy atom.